The molecule has 31 valence electrons. The molecule has 2 N–H and O–H groups in total. The molecule has 0 fully saturated rings. The molecule has 0 saturated heterocycles. The van der Waals surface area contributed by atoms with Gasteiger partial charge in [0.05, 0.1) is 0 Å². The molecular formula is H2Cl2CoO. The first-order valence-electron chi connectivity index (χ1n) is 0. The summed E-state index contributed by atoms with van der Waals surface area (Å²) in [6.45, 7) is 0. The summed E-state index contributed by atoms with van der Waals surface area (Å²) < 4.78 is 0. The number of halogens is 2. The van der Waals surface area contributed by atoms with E-state index in [1.165, 1.54) is 0 Å². The van der Waals surface area contributed by atoms with Gasteiger partial charge in [-0.05, 0) is 0 Å². The van der Waals surface area contributed by atoms with E-state index in [4.69, 9.17) is 0 Å². The molecule has 0 aromatic carbocycles. The number of rotatable bonds is 0. The third kappa shape index (κ3) is 11.7. The van der Waals surface area contributed by atoms with Crippen LogP contribution in [0.1, 0.15) is 0 Å². The molecule has 0 rings (SSSR count). The molecule has 0 spiro atoms. The van der Waals surface area contributed by atoms with Crippen molar-refractivity contribution in [3.05, 3.63) is 0 Å². The Morgan fingerprint density at radius 1 is 0.750 bits per heavy atom. The average molecular weight is 148 g/mol. The summed E-state index contributed by atoms with van der Waals surface area (Å²) in [5.41, 5.74) is 0. The van der Waals surface area contributed by atoms with Crippen LogP contribution < -0.4 is 24.8 Å². The smallest absolute Gasteiger partial charge is 1.00 e. The second kappa shape index (κ2) is 34.3. The first-order chi connectivity index (χ1) is 0. The van der Waals surface area contributed by atoms with Crippen LogP contribution in [0.15, 0.2) is 0 Å². The fourth-order valence-electron chi connectivity index (χ4n) is 0. The van der Waals surface area contributed by atoms with Gasteiger partial charge in [0.15, 0.2) is 0 Å². The predicted molar refractivity (Wildman–Crippen MR) is 3.61 cm³/mol. The Hall–Kier alpha value is 1.05. The summed E-state index contributed by atoms with van der Waals surface area (Å²) in [7, 11) is 0. The van der Waals surface area contributed by atoms with Crippen LogP contribution in [0, 0.1) is 0 Å². The minimum absolute atomic E-state index is 0. The molecule has 4 heavy (non-hydrogen) atoms. The van der Waals surface area contributed by atoms with Gasteiger partial charge in [0.2, 0.25) is 0 Å². The maximum Gasteiger partial charge on any atom is 2.00 e. The van der Waals surface area contributed by atoms with Crippen LogP contribution in [0.4, 0.5) is 0 Å². The molecule has 0 bridgehead atoms. The summed E-state index contributed by atoms with van der Waals surface area (Å²) in [6.07, 6.45) is 0. The molecule has 0 saturated carbocycles. The second-order valence-corrected chi connectivity index (χ2v) is 0. The van der Waals surface area contributed by atoms with Crippen molar-refractivity contribution in [1.82, 2.24) is 0 Å². The Morgan fingerprint density at radius 2 is 0.750 bits per heavy atom. The molecule has 0 unspecified atom stereocenters. The normalized spacial score (nSPS) is 0. The molecule has 0 heterocycles. The van der Waals surface area contributed by atoms with Crippen molar-refractivity contribution in [3.63, 3.8) is 0 Å². The van der Waals surface area contributed by atoms with Crippen molar-refractivity contribution in [1.29, 1.82) is 0 Å². The molecule has 4 heteroatoms. The van der Waals surface area contributed by atoms with Gasteiger partial charge in [-0.1, -0.05) is 0 Å². The van der Waals surface area contributed by atoms with Crippen LogP contribution in [0.25, 0.3) is 0 Å². The SMILES string of the molecule is O.[Cl-].[Cl-].[Co+2]. The van der Waals surface area contributed by atoms with E-state index in [-0.39, 0.29) is 47.1 Å². The third-order valence-electron chi connectivity index (χ3n) is 0. The minimum Gasteiger partial charge on any atom is -1.00 e. The summed E-state index contributed by atoms with van der Waals surface area (Å²) in [5, 5.41) is 0. The topological polar surface area (TPSA) is 31.5 Å². The molecular weight excluding hydrogens is 146 g/mol. The summed E-state index contributed by atoms with van der Waals surface area (Å²) in [5.74, 6) is 0. The Labute approximate surface area is 47.5 Å². The molecule has 0 atom stereocenters. The monoisotopic (exact) mass is 147 g/mol. The molecule has 0 amide bonds. The van der Waals surface area contributed by atoms with Gasteiger partial charge >= 0.3 is 16.8 Å². The van der Waals surface area contributed by atoms with Crippen LogP contribution >= 0.6 is 0 Å². The number of hydrogen-bond donors (Lipinski definition) is 0. The Kier molecular flexibility index (Phi) is 647. The molecule has 0 aromatic heterocycles. The fourth-order valence-corrected chi connectivity index (χ4v) is 0. The second-order valence-electron chi connectivity index (χ2n) is 0. The van der Waals surface area contributed by atoms with Crippen LogP contribution in [-0.4, -0.2) is 5.48 Å². The zero-order valence-electron chi connectivity index (χ0n) is 1.59. The van der Waals surface area contributed by atoms with Crippen molar-refractivity contribution in [2.45, 2.75) is 0 Å². The summed E-state index contributed by atoms with van der Waals surface area (Å²) in [6, 6.07) is 0. The fraction of sp³-hybridized carbons (Fsp3) is 0. The predicted octanol–water partition coefficient (Wildman–Crippen LogP) is -6.82. The van der Waals surface area contributed by atoms with Gasteiger partial charge in [0, 0.05) is 0 Å². The first-order valence-corrected chi connectivity index (χ1v) is 0. The van der Waals surface area contributed by atoms with E-state index in [1.54, 1.807) is 0 Å². The van der Waals surface area contributed by atoms with Crippen molar-refractivity contribution < 1.29 is 47.1 Å². The van der Waals surface area contributed by atoms with Crippen molar-refractivity contribution >= 4 is 0 Å². The van der Waals surface area contributed by atoms with E-state index >= 15 is 0 Å². The number of hydrogen-bond acceptors (Lipinski definition) is 0. The van der Waals surface area contributed by atoms with E-state index in [9.17, 15) is 0 Å². The molecule has 0 aromatic rings. The Morgan fingerprint density at radius 3 is 0.750 bits per heavy atom. The molecule has 0 aliphatic carbocycles. The van der Waals surface area contributed by atoms with E-state index in [2.05, 4.69) is 0 Å². The Balaban J connectivity index is 0. The van der Waals surface area contributed by atoms with Gasteiger partial charge in [0.1, 0.15) is 0 Å². The minimum atomic E-state index is 0. The van der Waals surface area contributed by atoms with E-state index in [0.717, 1.165) is 0 Å². The van der Waals surface area contributed by atoms with E-state index in [0.29, 0.717) is 0 Å². The third-order valence-corrected chi connectivity index (χ3v) is 0. The van der Waals surface area contributed by atoms with Crippen LogP contribution in [0.5, 0.6) is 0 Å². The van der Waals surface area contributed by atoms with E-state index < -0.39 is 0 Å². The van der Waals surface area contributed by atoms with Crippen LogP contribution in [-0.2, 0) is 16.8 Å². The van der Waals surface area contributed by atoms with Gasteiger partial charge in [-0.3, -0.25) is 0 Å². The molecule has 1 nitrogen and oxygen atoms in total. The zero-order valence-corrected chi connectivity index (χ0v) is 4.14. The summed E-state index contributed by atoms with van der Waals surface area (Å²) >= 11 is 0. The van der Waals surface area contributed by atoms with Crippen molar-refractivity contribution in [2.24, 2.45) is 0 Å². The van der Waals surface area contributed by atoms with Gasteiger partial charge in [-0.15, -0.1) is 0 Å². The standard InChI is InChI=1S/2ClH.Co.H2O/h2*1H;;1H2/q;;+2;/p-2. The average Bonchev–Trinajstić information content (AvgIpc) is 0. The molecule has 0 aliphatic heterocycles. The van der Waals surface area contributed by atoms with Crippen LogP contribution in [0.2, 0.25) is 0 Å². The Bertz CT molecular complexity index is 6.00. The van der Waals surface area contributed by atoms with Crippen LogP contribution in [0.3, 0.4) is 0 Å². The maximum atomic E-state index is 0. The van der Waals surface area contributed by atoms with Crippen molar-refractivity contribution in [2.75, 3.05) is 0 Å². The summed E-state index contributed by atoms with van der Waals surface area (Å²) in [4.78, 5) is 0. The van der Waals surface area contributed by atoms with Crippen molar-refractivity contribution in [3.8, 4) is 0 Å². The maximum absolute atomic E-state index is 0. The molecule has 0 aliphatic rings. The first kappa shape index (κ1) is 75.5. The zero-order chi connectivity index (χ0) is 0. The quantitative estimate of drug-likeness (QED) is 0.327. The van der Waals surface area contributed by atoms with Gasteiger partial charge < -0.3 is 30.3 Å². The largest absolute Gasteiger partial charge is 2.00 e. The van der Waals surface area contributed by atoms with Gasteiger partial charge in [-0.25, -0.2) is 0 Å². The van der Waals surface area contributed by atoms with Gasteiger partial charge in [0.25, 0.3) is 0 Å². The molecule has 1 radical (unpaired) electrons. The van der Waals surface area contributed by atoms with Gasteiger partial charge in [-0.2, -0.15) is 0 Å². The van der Waals surface area contributed by atoms with E-state index in [1.807, 2.05) is 0 Å².